The molecule has 14 heavy (non-hydrogen) atoms. The van der Waals surface area contributed by atoms with Gasteiger partial charge in [-0.05, 0) is 6.42 Å². The van der Waals surface area contributed by atoms with Crippen LogP contribution < -0.4 is 11.5 Å². The zero-order chi connectivity index (χ0) is 11.1. The average molecular weight is 212 g/mol. The van der Waals surface area contributed by atoms with E-state index >= 15 is 0 Å². The lowest BCUT2D eigenvalue weighted by Gasteiger charge is -2.19. The number of thiocarbonyl (C=S) groups is 1. The predicted octanol–water partition coefficient (Wildman–Crippen LogP) is 0.698. The largest absolute Gasteiger partial charge is 0.389 e. The number of nitrogens with zero attached hydrogens (tertiary/aromatic N) is 2. The Bertz CT molecular complexity index is 277. The minimum Gasteiger partial charge on any atom is -0.389 e. The highest BCUT2D eigenvalue weighted by atomic mass is 32.1. The Hall–Kier alpha value is -1.28. The van der Waals surface area contributed by atoms with Crippen molar-refractivity contribution in [1.82, 2.24) is 4.90 Å². The van der Waals surface area contributed by atoms with Crippen molar-refractivity contribution in [2.24, 2.45) is 11.5 Å². The van der Waals surface area contributed by atoms with E-state index in [0.29, 0.717) is 5.82 Å². The third kappa shape index (κ3) is 3.62. The molecule has 4 N–H and O–H groups in total. The summed E-state index contributed by atoms with van der Waals surface area (Å²) < 4.78 is 0. The molecule has 0 aliphatic rings. The van der Waals surface area contributed by atoms with Crippen LogP contribution in [0.1, 0.15) is 19.8 Å². The highest BCUT2D eigenvalue weighted by Gasteiger charge is 2.09. The number of hydrogen-bond acceptors (Lipinski definition) is 4. The molecule has 0 rings (SSSR count). The lowest BCUT2D eigenvalue weighted by atomic mass is 10.2. The molecule has 0 saturated heterocycles. The van der Waals surface area contributed by atoms with Gasteiger partial charge < -0.3 is 16.4 Å². The standard InChI is InChI=1S/C9H16N4S/c1-3-4-5-13(2)8(11)7(6-10)9(12)14/h3-5,11H2,1-2H3,(H2,12,14)/b8-7-. The van der Waals surface area contributed by atoms with Gasteiger partial charge in [0.05, 0.1) is 0 Å². The van der Waals surface area contributed by atoms with Gasteiger partial charge >= 0.3 is 0 Å². The maximum Gasteiger partial charge on any atom is 0.126 e. The molecular weight excluding hydrogens is 196 g/mol. The molecule has 0 spiro atoms. The Morgan fingerprint density at radius 3 is 2.43 bits per heavy atom. The highest BCUT2D eigenvalue weighted by Crippen LogP contribution is 2.04. The Morgan fingerprint density at radius 1 is 1.50 bits per heavy atom. The van der Waals surface area contributed by atoms with Gasteiger partial charge in [0.25, 0.3) is 0 Å². The first-order valence-corrected chi connectivity index (χ1v) is 4.86. The van der Waals surface area contributed by atoms with E-state index < -0.39 is 0 Å². The van der Waals surface area contributed by atoms with Gasteiger partial charge in [-0.3, -0.25) is 0 Å². The van der Waals surface area contributed by atoms with Gasteiger partial charge in [-0.25, -0.2) is 0 Å². The fourth-order valence-electron chi connectivity index (χ4n) is 0.945. The molecule has 0 atom stereocenters. The van der Waals surface area contributed by atoms with Crippen molar-refractivity contribution >= 4 is 17.2 Å². The third-order valence-electron chi connectivity index (χ3n) is 1.87. The molecule has 0 aliphatic heterocycles. The lowest BCUT2D eigenvalue weighted by molar-refractivity contribution is 0.400. The first-order chi connectivity index (χ1) is 6.54. The minimum atomic E-state index is 0.0494. The van der Waals surface area contributed by atoms with Crippen molar-refractivity contribution in [1.29, 1.82) is 5.26 Å². The number of rotatable bonds is 5. The van der Waals surface area contributed by atoms with Crippen molar-refractivity contribution in [3.63, 3.8) is 0 Å². The molecule has 0 radical (unpaired) electrons. The molecule has 0 fully saturated rings. The molecule has 5 heteroatoms. The normalized spacial score (nSPS) is 11.5. The molecule has 0 aromatic rings. The quantitative estimate of drug-likeness (QED) is 0.398. The van der Waals surface area contributed by atoms with Gasteiger partial charge in [0.1, 0.15) is 22.5 Å². The van der Waals surface area contributed by atoms with E-state index in [9.17, 15) is 0 Å². The second-order valence-corrected chi connectivity index (χ2v) is 3.45. The Balaban J connectivity index is 4.62. The molecule has 0 unspecified atom stereocenters. The van der Waals surface area contributed by atoms with Crippen LogP contribution in [0.5, 0.6) is 0 Å². The monoisotopic (exact) mass is 212 g/mol. The molecule has 4 nitrogen and oxygen atoms in total. The van der Waals surface area contributed by atoms with Crippen molar-refractivity contribution in [3.8, 4) is 6.07 Å². The Morgan fingerprint density at radius 2 is 2.07 bits per heavy atom. The summed E-state index contributed by atoms with van der Waals surface area (Å²) >= 11 is 4.71. The average Bonchev–Trinajstić information content (AvgIpc) is 2.14. The van der Waals surface area contributed by atoms with Crippen molar-refractivity contribution in [3.05, 3.63) is 11.4 Å². The van der Waals surface area contributed by atoms with Crippen molar-refractivity contribution in [2.45, 2.75) is 19.8 Å². The van der Waals surface area contributed by atoms with Gasteiger partial charge in [0.15, 0.2) is 0 Å². The Labute approximate surface area is 90.2 Å². The molecule has 0 aromatic carbocycles. The third-order valence-corrected chi connectivity index (χ3v) is 2.08. The second-order valence-electron chi connectivity index (χ2n) is 3.01. The van der Waals surface area contributed by atoms with E-state index in [0.717, 1.165) is 19.4 Å². The zero-order valence-electron chi connectivity index (χ0n) is 8.58. The Kier molecular flexibility index (Phi) is 5.65. The zero-order valence-corrected chi connectivity index (χ0v) is 9.40. The number of nitriles is 1. The summed E-state index contributed by atoms with van der Waals surface area (Å²) in [4.78, 5) is 1.84. The fourth-order valence-corrected chi connectivity index (χ4v) is 1.10. The van der Waals surface area contributed by atoms with Crippen LogP contribution in [0.4, 0.5) is 0 Å². The van der Waals surface area contributed by atoms with Crippen molar-refractivity contribution in [2.75, 3.05) is 13.6 Å². The summed E-state index contributed by atoms with van der Waals surface area (Å²) in [7, 11) is 1.82. The highest BCUT2D eigenvalue weighted by molar-refractivity contribution is 7.80. The number of nitrogens with two attached hydrogens (primary N) is 2. The van der Waals surface area contributed by atoms with E-state index in [1.807, 2.05) is 13.1 Å². The molecule has 0 amide bonds. The number of hydrogen-bond donors (Lipinski definition) is 2. The summed E-state index contributed by atoms with van der Waals surface area (Å²) in [5.74, 6) is 0.355. The van der Waals surface area contributed by atoms with Gasteiger partial charge in [-0.2, -0.15) is 5.26 Å². The van der Waals surface area contributed by atoms with Crippen LogP contribution in [0.3, 0.4) is 0 Å². The predicted molar refractivity (Wildman–Crippen MR) is 61.1 cm³/mol. The fraction of sp³-hybridized carbons (Fsp3) is 0.556. The van der Waals surface area contributed by atoms with E-state index in [-0.39, 0.29) is 10.6 Å². The van der Waals surface area contributed by atoms with Gasteiger partial charge in [-0.1, -0.05) is 25.6 Å². The van der Waals surface area contributed by atoms with Crippen LogP contribution in [-0.4, -0.2) is 23.5 Å². The van der Waals surface area contributed by atoms with Crippen LogP contribution in [0.15, 0.2) is 11.4 Å². The summed E-state index contributed by atoms with van der Waals surface area (Å²) in [5, 5.41) is 8.76. The van der Waals surface area contributed by atoms with E-state index in [4.69, 9.17) is 28.9 Å². The molecule has 0 bridgehead atoms. The SMILES string of the molecule is CCCCN(C)/C(N)=C(/C#N)C(N)=S. The van der Waals surface area contributed by atoms with E-state index in [1.165, 1.54) is 0 Å². The summed E-state index contributed by atoms with van der Waals surface area (Å²) in [6, 6.07) is 1.91. The molecule has 0 aromatic heterocycles. The summed E-state index contributed by atoms with van der Waals surface area (Å²) in [6.07, 6.45) is 2.10. The first kappa shape index (κ1) is 12.7. The van der Waals surface area contributed by atoms with Crippen LogP contribution in [0.2, 0.25) is 0 Å². The second kappa shape index (κ2) is 6.22. The van der Waals surface area contributed by atoms with Gasteiger partial charge in [-0.15, -0.1) is 0 Å². The summed E-state index contributed by atoms with van der Waals surface area (Å²) in [5.41, 5.74) is 11.3. The first-order valence-electron chi connectivity index (χ1n) is 4.45. The minimum absolute atomic E-state index is 0.0494. The smallest absolute Gasteiger partial charge is 0.126 e. The van der Waals surface area contributed by atoms with Crippen LogP contribution in [-0.2, 0) is 0 Å². The maximum atomic E-state index is 8.76. The maximum absolute atomic E-state index is 8.76. The van der Waals surface area contributed by atoms with Crippen LogP contribution >= 0.6 is 12.2 Å². The van der Waals surface area contributed by atoms with E-state index in [2.05, 4.69) is 6.92 Å². The van der Waals surface area contributed by atoms with Gasteiger partial charge in [0, 0.05) is 13.6 Å². The van der Waals surface area contributed by atoms with E-state index in [1.54, 1.807) is 4.90 Å². The van der Waals surface area contributed by atoms with Gasteiger partial charge in [0.2, 0.25) is 0 Å². The molecule has 0 saturated carbocycles. The molecule has 78 valence electrons. The van der Waals surface area contributed by atoms with Crippen LogP contribution in [0.25, 0.3) is 0 Å². The summed E-state index contributed by atoms with van der Waals surface area (Å²) in [6.45, 7) is 2.89. The number of unbranched alkanes of at least 4 members (excludes halogenated alkanes) is 1. The topological polar surface area (TPSA) is 79.1 Å². The molecular formula is C9H16N4S. The lowest BCUT2D eigenvalue weighted by Crippen LogP contribution is -2.29. The molecule has 0 aliphatic carbocycles. The molecule has 0 heterocycles. The van der Waals surface area contributed by atoms with Crippen LogP contribution in [0, 0.1) is 11.3 Å². The van der Waals surface area contributed by atoms with Crippen molar-refractivity contribution < 1.29 is 0 Å².